The fourth-order valence-electron chi connectivity index (χ4n) is 3.16. The van der Waals surface area contributed by atoms with Crippen LogP contribution >= 0.6 is 0 Å². The molecule has 0 saturated carbocycles. The van der Waals surface area contributed by atoms with Gasteiger partial charge in [-0.3, -0.25) is 5.01 Å². The van der Waals surface area contributed by atoms with Crippen molar-refractivity contribution >= 4 is 17.5 Å². The molecule has 134 valence electrons. The molecule has 0 fully saturated rings. The molecule has 1 heterocycles. The van der Waals surface area contributed by atoms with Crippen LogP contribution in [-0.4, -0.2) is 5.71 Å². The zero-order chi connectivity index (χ0) is 18.6. The second-order valence-electron chi connectivity index (χ2n) is 6.43. The minimum Gasteiger partial charge on any atom is -0.257 e. The lowest BCUT2D eigenvalue weighted by Crippen LogP contribution is -2.18. The van der Waals surface area contributed by atoms with Gasteiger partial charge < -0.3 is 0 Å². The highest BCUT2D eigenvalue weighted by Gasteiger charge is 2.28. The van der Waals surface area contributed by atoms with Crippen molar-refractivity contribution in [2.45, 2.75) is 12.5 Å². The molecule has 27 heavy (non-hydrogen) atoms. The molecule has 0 bridgehead atoms. The van der Waals surface area contributed by atoms with E-state index >= 15 is 0 Å². The molecule has 0 aliphatic carbocycles. The van der Waals surface area contributed by atoms with Gasteiger partial charge in [-0.05, 0) is 53.6 Å². The topological polar surface area (TPSA) is 15.6 Å². The highest BCUT2D eigenvalue weighted by Crippen LogP contribution is 2.35. The molecule has 0 N–H and O–H groups in total. The average molecular weight is 360 g/mol. The van der Waals surface area contributed by atoms with Gasteiger partial charge in [0.15, 0.2) is 0 Å². The first-order chi connectivity index (χ1) is 13.2. The molecular formula is C23H18F2N2. The summed E-state index contributed by atoms with van der Waals surface area (Å²) in [4.78, 5) is 0. The Morgan fingerprint density at radius 3 is 2.07 bits per heavy atom. The Morgan fingerprint density at radius 2 is 1.41 bits per heavy atom. The smallest absolute Gasteiger partial charge is 0.123 e. The molecule has 2 nitrogen and oxygen atoms in total. The van der Waals surface area contributed by atoms with Crippen LogP contribution in [0, 0.1) is 11.6 Å². The minimum atomic E-state index is -0.253. The third-order valence-electron chi connectivity index (χ3n) is 4.55. The van der Waals surface area contributed by atoms with Crippen LogP contribution in [0.4, 0.5) is 14.5 Å². The first-order valence-corrected chi connectivity index (χ1v) is 8.80. The van der Waals surface area contributed by atoms with E-state index in [0.29, 0.717) is 6.42 Å². The van der Waals surface area contributed by atoms with E-state index in [0.717, 1.165) is 22.5 Å². The van der Waals surface area contributed by atoms with Crippen LogP contribution in [0.25, 0.3) is 6.08 Å². The van der Waals surface area contributed by atoms with E-state index in [-0.39, 0.29) is 17.7 Å². The van der Waals surface area contributed by atoms with Gasteiger partial charge >= 0.3 is 0 Å². The van der Waals surface area contributed by atoms with Crippen LogP contribution in [0.1, 0.15) is 23.6 Å². The molecule has 4 rings (SSSR count). The lowest BCUT2D eigenvalue weighted by atomic mass is 10.0. The van der Waals surface area contributed by atoms with E-state index in [9.17, 15) is 8.78 Å². The number of allylic oxidation sites excluding steroid dienone is 1. The number of nitrogens with zero attached hydrogens (tertiary/aromatic N) is 2. The Labute approximate surface area is 157 Å². The van der Waals surface area contributed by atoms with E-state index in [1.54, 1.807) is 24.3 Å². The Balaban J connectivity index is 1.63. The Hall–Kier alpha value is -3.27. The summed E-state index contributed by atoms with van der Waals surface area (Å²) in [5.41, 5.74) is 3.82. The number of hydrogen-bond donors (Lipinski definition) is 0. The number of hydrazone groups is 1. The first kappa shape index (κ1) is 17.2. The van der Waals surface area contributed by atoms with Gasteiger partial charge in [0, 0.05) is 6.42 Å². The summed E-state index contributed by atoms with van der Waals surface area (Å²) in [7, 11) is 0. The van der Waals surface area contributed by atoms with Crippen molar-refractivity contribution in [2.75, 3.05) is 5.01 Å². The summed E-state index contributed by atoms with van der Waals surface area (Å²) in [5.74, 6) is -0.502. The van der Waals surface area contributed by atoms with Crippen LogP contribution in [-0.2, 0) is 0 Å². The average Bonchev–Trinajstić information content (AvgIpc) is 3.13. The van der Waals surface area contributed by atoms with Crippen molar-refractivity contribution in [1.29, 1.82) is 0 Å². The van der Waals surface area contributed by atoms with Gasteiger partial charge in [-0.15, -0.1) is 0 Å². The van der Waals surface area contributed by atoms with Gasteiger partial charge in [0.2, 0.25) is 0 Å². The Morgan fingerprint density at radius 1 is 0.778 bits per heavy atom. The molecule has 1 aliphatic heterocycles. The molecule has 1 atom stereocenters. The fraction of sp³-hybridized carbons (Fsp3) is 0.0870. The van der Waals surface area contributed by atoms with E-state index in [1.165, 1.54) is 24.3 Å². The summed E-state index contributed by atoms with van der Waals surface area (Å²) in [5, 5.41) is 6.74. The number of anilines is 1. The molecule has 1 aliphatic rings. The van der Waals surface area contributed by atoms with Crippen molar-refractivity contribution in [2.24, 2.45) is 5.10 Å². The normalized spacial score (nSPS) is 16.7. The second kappa shape index (κ2) is 7.54. The van der Waals surface area contributed by atoms with Crippen LogP contribution in [0.2, 0.25) is 0 Å². The van der Waals surface area contributed by atoms with Gasteiger partial charge in [0.05, 0.1) is 17.4 Å². The molecule has 3 aromatic rings. The molecule has 0 aromatic heterocycles. The predicted molar refractivity (Wildman–Crippen MR) is 106 cm³/mol. The maximum Gasteiger partial charge on any atom is 0.123 e. The van der Waals surface area contributed by atoms with Gasteiger partial charge in [0.25, 0.3) is 0 Å². The third-order valence-corrected chi connectivity index (χ3v) is 4.55. The number of halogens is 2. The van der Waals surface area contributed by atoms with E-state index < -0.39 is 0 Å². The highest BCUT2D eigenvalue weighted by atomic mass is 19.1. The SMILES string of the molecule is Fc1ccc(/C=C/C2=NN(c3ccccc3)[C@H](c3ccc(F)cc3)C2)cc1. The highest BCUT2D eigenvalue weighted by molar-refractivity contribution is 6.01. The minimum absolute atomic E-state index is 0.000804. The molecule has 0 unspecified atom stereocenters. The molecule has 0 saturated heterocycles. The predicted octanol–water partition coefficient (Wildman–Crippen LogP) is 5.99. The monoisotopic (exact) mass is 360 g/mol. The first-order valence-electron chi connectivity index (χ1n) is 8.80. The molecular weight excluding hydrogens is 342 g/mol. The summed E-state index contributed by atoms with van der Waals surface area (Å²) in [6.07, 6.45) is 4.58. The molecule has 4 heteroatoms. The van der Waals surface area contributed by atoms with Crippen LogP contribution in [0.15, 0.2) is 90.0 Å². The Bertz CT molecular complexity index is 962. The second-order valence-corrected chi connectivity index (χ2v) is 6.43. The van der Waals surface area contributed by atoms with E-state index in [2.05, 4.69) is 0 Å². The van der Waals surface area contributed by atoms with Crippen molar-refractivity contribution in [3.05, 3.63) is 108 Å². The van der Waals surface area contributed by atoms with Gasteiger partial charge in [-0.2, -0.15) is 5.10 Å². The zero-order valence-corrected chi connectivity index (χ0v) is 14.6. The maximum atomic E-state index is 13.3. The molecule has 0 spiro atoms. The van der Waals surface area contributed by atoms with Crippen molar-refractivity contribution < 1.29 is 8.78 Å². The van der Waals surface area contributed by atoms with Crippen LogP contribution < -0.4 is 5.01 Å². The van der Waals surface area contributed by atoms with Crippen molar-refractivity contribution in [3.8, 4) is 0 Å². The van der Waals surface area contributed by atoms with Gasteiger partial charge in [-0.25, -0.2) is 8.78 Å². The van der Waals surface area contributed by atoms with Crippen molar-refractivity contribution in [1.82, 2.24) is 0 Å². The summed E-state index contributed by atoms with van der Waals surface area (Å²) >= 11 is 0. The lowest BCUT2D eigenvalue weighted by Gasteiger charge is -2.23. The van der Waals surface area contributed by atoms with Gasteiger partial charge in [-0.1, -0.05) is 48.5 Å². The third kappa shape index (κ3) is 3.95. The van der Waals surface area contributed by atoms with Crippen LogP contribution in [0.5, 0.6) is 0 Å². The quantitative estimate of drug-likeness (QED) is 0.558. The Kier molecular flexibility index (Phi) is 4.79. The fourth-order valence-corrected chi connectivity index (χ4v) is 3.16. The summed E-state index contributed by atoms with van der Waals surface area (Å²) in [6, 6.07) is 22.8. The number of para-hydroxylation sites is 1. The lowest BCUT2D eigenvalue weighted by molar-refractivity contribution is 0.624. The number of hydrogen-bond acceptors (Lipinski definition) is 2. The molecule has 3 aromatic carbocycles. The molecule has 0 amide bonds. The van der Waals surface area contributed by atoms with Crippen LogP contribution in [0.3, 0.4) is 0 Å². The van der Waals surface area contributed by atoms with E-state index in [4.69, 9.17) is 5.10 Å². The number of rotatable bonds is 4. The summed E-state index contributed by atoms with van der Waals surface area (Å²) in [6.45, 7) is 0. The maximum absolute atomic E-state index is 13.3. The largest absolute Gasteiger partial charge is 0.257 e. The van der Waals surface area contributed by atoms with Crippen molar-refractivity contribution in [3.63, 3.8) is 0 Å². The zero-order valence-electron chi connectivity index (χ0n) is 14.6. The standard InChI is InChI=1S/C23H18F2N2/c24-19-11-6-17(7-12-19)8-15-21-16-23(18-9-13-20(25)14-10-18)27(26-21)22-4-2-1-3-5-22/h1-15,23H,16H2/b15-8+/t23-/m0/s1. The van der Waals surface area contributed by atoms with E-state index in [1.807, 2.05) is 47.5 Å². The summed E-state index contributed by atoms with van der Waals surface area (Å²) < 4.78 is 26.4. The number of benzene rings is 3. The van der Waals surface area contributed by atoms with Gasteiger partial charge in [0.1, 0.15) is 11.6 Å². The molecule has 0 radical (unpaired) electrons.